The van der Waals surface area contributed by atoms with Crippen molar-refractivity contribution in [2.24, 2.45) is 0 Å². The molecule has 1 amide bonds. The first-order valence-electron chi connectivity index (χ1n) is 5.55. The summed E-state index contributed by atoms with van der Waals surface area (Å²) in [6.07, 6.45) is 1.86. The first kappa shape index (κ1) is 10.7. The Bertz CT molecular complexity index is 459. The maximum absolute atomic E-state index is 11.8. The van der Waals surface area contributed by atoms with E-state index < -0.39 is 0 Å². The predicted molar refractivity (Wildman–Crippen MR) is 62.1 cm³/mol. The summed E-state index contributed by atoms with van der Waals surface area (Å²) in [7, 11) is 0. The monoisotopic (exact) mass is 214 g/mol. The fourth-order valence-electron chi connectivity index (χ4n) is 2.06. The normalized spacial score (nSPS) is 13.8. The average Bonchev–Trinajstić information content (AvgIpc) is 2.61. The predicted octanol–water partition coefficient (Wildman–Crippen LogP) is 2.05. The van der Waals surface area contributed by atoms with E-state index >= 15 is 0 Å². The Morgan fingerprint density at radius 1 is 1.50 bits per heavy atom. The molecule has 1 aromatic carbocycles. The molecule has 0 bridgehead atoms. The van der Waals surface area contributed by atoms with E-state index in [1.54, 1.807) is 4.90 Å². The maximum Gasteiger partial charge on any atom is 0.231 e. The lowest BCUT2D eigenvalue weighted by Gasteiger charge is -2.15. The van der Waals surface area contributed by atoms with Crippen molar-refractivity contribution in [1.82, 2.24) is 0 Å². The van der Waals surface area contributed by atoms with Crippen LogP contribution in [-0.4, -0.2) is 12.5 Å². The van der Waals surface area contributed by atoms with Crippen LogP contribution >= 0.6 is 0 Å². The molecular formula is C13H14N2O. The summed E-state index contributed by atoms with van der Waals surface area (Å²) in [5.74, 6) is 0.110. The number of anilines is 1. The zero-order valence-electron chi connectivity index (χ0n) is 9.36. The summed E-state index contributed by atoms with van der Waals surface area (Å²) in [6, 6.07) is 8.22. The topological polar surface area (TPSA) is 44.1 Å². The van der Waals surface area contributed by atoms with E-state index in [0.717, 1.165) is 17.7 Å². The summed E-state index contributed by atoms with van der Waals surface area (Å²) in [5.41, 5.74) is 3.34. The quantitative estimate of drug-likeness (QED) is 0.773. The number of hydrogen-bond donors (Lipinski definition) is 0. The Hall–Kier alpha value is -1.82. The molecule has 0 aliphatic carbocycles. The van der Waals surface area contributed by atoms with E-state index in [0.29, 0.717) is 19.4 Å². The Labute approximate surface area is 95.3 Å². The van der Waals surface area contributed by atoms with Gasteiger partial charge in [-0.1, -0.05) is 19.1 Å². The smallest absolute Gasteiger partial charge is 0.231 e. The molecule has 0 spiro atoms. The fraction of sp³-hybridized carbons (Fsp3) is 0.385. The highest BCUT2D eigenvalue weighted by atomic mass is 16.2. The number of amides is 1. The van der Waals surface area contributed by atoms with Gasteiger partial charge in [0.15, 0.2) is 0 Å². The Morgan fingerprint density at radius 3 is 3.00 bits per heavy atom. The molecule has 1 heterocycles. The third kappa shape index (κ3) is 1.79. The molecule has 82 valence electrons. The maximum atomic E-state index is 11.8. The average molecular weight is 214 g/mol. The molecule has 2 rings (SSSR count). The second kappa shape index (κ2) is 4.36. The summed E-state index contributed by atoms with van der Waals surface area (Å²) >= 11 is 0. The number of carbonyl (C=O) groups excluding carboxylic acids is 1. The third-order valence-electron chi connectivity index (χ3n) is 2.93. The molecule has 3 heteroatoms. The van der Waals surface area contributed by atoms with Gasteiger partial charge in [0, 0.05) is 12.2 Å². The second-order valence-electron chi connectivity index (χ2n) is 3.95. The Balaban J connectivity index is 2.28. The van der Waals surface area contributed by atoms with Crippen molar-refractivity contribution >= 4 is 11.6 Å². The zero-order valence-corrected chi connectivity index (χ0v) is 9.36. The minimum Gasteiger partial charge on any atom is -0.311 e. The number of benzene rings is 1. The van der Waals surface area contributed by atoms with Crippen molar-refractivity contribution in [2.75, 3.05) is 11.4 Å². The number of rotatable bonds is 3. The van der Waals surface area contributed by atoms with Crippen LogP contribution in [0.25, 0.3) is 0 Å². The summed E-state index contributed by atoms with van der Waals surface area (Å²) in [5, 5.41) is 8.56. The SMILES string of the molecule is CCc1ccc2c(c1)CC(=O)N2CCC#N. The van der Waals surface area contributed by atoms with Crippen molar-refractivity contribution in [2.45, 2.75) is 26.2 Å². The van der Waals surface area contributed by atoms with Gasteiger partial charge < -0.3 is 4.90 Å². The molecular weight excluding hydrogens is 200 g/mol. The molecule has 0 saturated heterocycles. The van der Waals surface area contributed by atoms with Gasteiger partial charge in [-0.25, -0.2) is 0 Å². The van der Waals surface area contributed by atoms with E-state index in [1.165, 1.54) is 5.56 Å². The van der Waals surface area contributed by atoms with E-state index in [2.05, 4.69) is 25.1 Å². The van der Waals surface area contributed by atoms with Crippen molar-refractivity contribution in [3.8, 4) is 6.07 Å². The Kier molecular flexibility index (Phi) is 2.91. The van der Waals surface area contributed by atoms with E-state index in [4.69, 9.17) is 5.26 Å². The standard InChI is InChI=1S/C13H14N2O/c1-2-10-4-5-12-11(8-10)9-13(16)15(12)7-3-6-14/h4-5,8H,2-3,7,9H2,1H3. The molecule has 1 aliphatic rings. The van der Waals surface area contributed by atoms with Gasteiger partial charge in [0.25, 0.3) is 0 Å². The summed E-state index contributed by atoms with van der Waals surface area (Å²) in [4.78, 5) is 13.5. The van der Waals surface area contributed by atoms with Crippen LogP contribution in [0.15, 0.2) is 18.2 Å². The second-order valence-corrected chi connectivity index (χ2v) is 3.95. The number of nitrogens with zero attached hydrogens (tertiary/aromatic N) is 2. The van der Waals surface area contributed by atoms with Gasteiger partial charge in [-0.05, 0) is 23.6 Å². The highest BCUT2D eigenvalue weighted by Gasteiger charge is 2.26. The summed E-state index contributed by atoms with van der Waals surface area (Å²) < 4.78 is 0. The van der Waals surface area contributed by atoms with Crippen molar-refractivity contribution in [1.29, 1.82) is 5.26 Å². The number of hydrogen-bond acceptors (Lipinski definition) is 2. The molecule has 1 aromatic rings. The largest absolute Gasteiger partial charge is 0.311 e. The first-order chi connectivity index (χ1) is 7.76. The Morgan fingerprint density at radius 2 is 2.31 bits per heavy atom. The molecule has 3 nitrogen and oxygen atoms in total. The minimum atomic E-state index is 0.110. The lowest BCUT2D eigenvalue weighted by molar-refractivity contribution is -0.117. The van der Waals surface area contributed by atoms with Crippen molar-refractivity contribution in [3.63, 3.8) is 0 Å². The number of fused-ring (bicyclic) bond motifs is 1. The van der Waals surface area contributed by atoms with Gasteiger partial charge in [0.1, 0.15) is 0 Å². The van der Waals surface area contributed by atoms with E-state index in [-0.39, 0.29) is 5.91 Å². The molecule has 0 aromatic heterocycles. The van der Waals surface area contributed by atoms with Crippen LogP contribution in [0.1, 0.15) is 24.5 Å². The van der Waals surface area contributed by atoms with Crippen LogP contribution in [0.2, 0.25) is 0 Å². The van der Waals surface area contributed by atoms with Gasteiger partial charge in [0.2, 0.25) is 5.91 Å². The zero-order chi connectivity index (χ0) is 11.5. The van der Waals surface area contributed by atoms with E-state index in [9.17, 15) is 4.79 Å². The molecule has 0 N–H and O–H groups in total. The van der Waals surface area contributed by atoms with Crippen molar-refractivity contribution in [3.05, 3.63) is 29.3 Å². The van der Waals surface area contributed by atoms with Crippen LogP contribution in [-0.2, 0) is 17.6 Å². The van der Waals surface area contributed by atoms with Gasteiger partial charge >= 0.3 is 0 Å². The van der Waals surface area contributed by atoms with Crippen LogP contribution < -0.4 is 4.90 Å². The van der Waals surface area contributed by atoms with Crippen LogP contribution in [0, 0.1) is 11.3 Å². The van der Waals surface area contributed by atoms with Gasteiger partial charge in [0.05, 0.1) is 18.9 Å². The number of aryl methyl sites for hydroxylation is 1. The summed E-state index contributed by atoms with van der Waals surface area (Å²) in [6.45, 7) is 2.61. The van der Waals surface area contributed by atoms with E-state index in [1.807, 2.05) is 6.07 Å². The highest BCUT2D eigenvalue weighted by molar-refractivity contribution is 6.01. The number of carbonyl (C=O) groups is 1. The van der Waals surface area contributed by atoms with Crippen molar-refractivity contribution < 1.29 is 4.79 Å². The molecule has 0 radical (unpaired) electrons. The lowest BCUT2D eigenvalue weighted by Crippen LogP contribution is -2.27. The third-order valence-corrected chi connectivity index (χ3v) is 2.93. The molecule has 16 heavy (non-hydrogen) atoms. The van der Waals surface area contributed by atoms with Crippen LogP contribution in [0.5, 0.6) is 0 Å². The van der Waals surface area contributed by atoms with Gasteiger partial charge in [-0.3, -0.25) is 4.79 Å². The van der Waals surface area contributed by atoms with Gasteiger partial charge in [-0.15, -0.1) is 0 Å². The number of nitriles is 1. The minimum absolute atomic E-state index is 0.110. The molecule has 0 atom stereocenters. The molecule has 1 aliphatic heterocycles. The van der Waals surface area contributed by atoms with Gasteiger partial charge in [-0.2, -0.15) is 5.26 Å². The highest BCUT2D eigenvalue weighted by Crippen LogP contribution is 2.29. The first-order valence-corrected chi connectivity index (χ1v) is 5.55. The molecule has 0 saturated carbocycles. The molecule has 0 fully saturated rings. The lowest BCUT2D eigenvalue weighted by atomic mass is 10.1. The molecule has 0 unspecified atom stereocenters. The van der Waals surface area contributed by atoms with Crippen LogP contribution in [0.3, 0.4) is 0 Å². The van der Waals surface area contributed by atoms with Crippen LogP contribution in [0.4, 0.5) is 5.69 Å². The fourth-order valence-corrected chi connectivity index (χ4v) is 2.06.